The highest BCUT2D eigenvalue weighted by Crippen LogP contribution is 2.37. The maximum atomic E-state index is 13.2. The molecule has 2 aliphatic heterocycles. The van der Waals surface area contributed by atoms with E-state index in [1.54, 1.807) is 60.7 Å². The number of fused-ring (bicyclic) bond motifs is 1. The average Bonchev–Trinajstić information content (AvgIpc) is 2.98. The third-order valence-electron chi connectivity index (χ3n) is 6.23. The summed E-state index contributed by atoms with van der Waals surface area (Å²) in [7, 11) is 0. The first-order valence-corrected chi connectivity index (χ1v) is 12.4. The van der Waals surface area contributed by atoms with Gasteiger partial charge >= 0.3 is 11.9 Å². The second-order valence-corrected chi connectivity index (χ2v) is 8.79. The molecule has 0 spiro atoms. The Morgan fingerprint density at radius 2 is 1.32 bits per heavy atom. The van der Waals surface area contributed by atoms with E-state index in [1.165, 1.54) is 0 Å². The Kier molecular flexibility index (Phi) is 8.42. The molecular weight excluding hydrogens is 492 g/mol. The van der Waals surface area contributed by atoms with E-state index in [-0.39, 0.29) is 19.8 Å². The molecule has 5 rings (SSSR count). The lowest BCUT2D eigenvalue weighted by atomic mass is 9.97. The Morgan fingerprint density at radius 3 is 1.89 bits per heavy atom. The maximum absolute atomic E-state index is 13.2. The summed E-state index contributed by atoms with van der Waals surface area (Å²) in [4.78, 5) is 26.3. The van der Waals surface area contributed by atoms with Crippen LogP contribution in [-0.4, -0.2) is 67.6 Å². The molecule has 2 aliphatic rings. The van der Waals surface area contributed by atoms with Gasteiger partial charge in [0.1, 0.15) is 12.2 Å². The molecule has 0 aliphatic carbocycles. The summed E-state index contributed by atoms with van der Waals surface area (Å²) in [6.45, 7) is -0.262. The fraction of sp³-hybridized carbons (Fsp3) is 0.310. The predicted octanol–water partition coefficient (Wildman–Crippen LogP) is 3.29. The van der Waals surface area contributed by atoms with Gasteiger partial charge in [-0.3, -0.25) is 0 Å². The van der Waals surface area contributed by atoms with Gasteiger partial charge in [0, 0.05) is 5.56 Å². The normalized spacial score (nSPS) is 26.7. The van der Waals surface area contributed by atoms with Gasteiger partial charge < -0.3 is 33.5 Å². The van der Waals surface area contributed by atoms with E-state index in [2.05, 4.69) is 0 Å². The second kappa shape index (κ2) is 12.3. The molecule has 0 aromatic heterocycles. The van der Waals surface area contributed by atoms with Gasteiger partial charge in [0.05, 0.1) is 30.9 Å². The van der Waals surface area contributed by atoms with Crippen molar-refractivity contribution in [2.75, 3.05) is 19.8 Å². The van der Waals surface area contributed by atoms with Crippen LogP contribution in [0.3, 0.4) is 0 Å². The fourth-order valence-electron chi connectivity index (χ4n) is 4.42. The predicted molar refractivity (Wildman–Crippen MR) is 133 cm³/mol. The third kappa shape index (κ3) is 5.93. The molecule has 1 N–H and O–H groups in total. The number of rotatable bonds is 8. The van der Waals surface area contributed by atoms with E-state index in [4.69, 9.17) is 28.4 Å². The standard InChI is InChI=1S/C29H28O9/c30-16-17-33-29-25(37-27(32)20-12-6-2-7-13-20)24(36-26(31)19-10-4-1-5-11-19)23-22(35-29)18-34-28(38-23)21-14-8-3-9-15-21/h1-15,22-25,28-30H,16-18H2/t22-,23+,24+,25-,28?,29-/m1/s1. The molecule has 0 saturated carbocycles. The van der Waals surface area contributed by atoms with Crippen LogP contribution in [0.1, 0.15) is 32.6 Å². The zero-order chi connectivity index (χ0) is 26.3. The Labute approximate surface area is 219 Å². The number of hydrogen-bond acceptors (Lipinski definition) is 9. The van der Waals surface area contributed by atoms with Crippen LogP contribution in [0.5, 0.6) is 0 Å². The van der Waals surface area contributed by atoms with Gasteiger partial charge in [0.15, 0.2) is 24.8 Å². The van der Waals surface area contributed by atoms with Gasteiger partial charge in [-0.05, 0) is 24.3 Å². The second-order valence-electron chi connectivity index (χ2n) is 8.79. The van der Waals surface area contributed by atoms with Crippen molar-refractivity contribution in [2.45, 2.75) is 37.0 Å². The van der Waals surface area contributed by atoms with E-state index in [1.807, 2.05) is 30.3 Å². The van der Waals surface area contributed by atoms with Crippen molar-refractivity contribution in [3.05, 3.63) is 108 Å². The van der Waals surface area contributed by atoms with Crippen molar-refractivity contribution >= 4 is 11.9 Å². The summed E-state index contributed by atoms with van der Waals surface area (Å²) in [5, 5.41) is 9.37. The Balaban J connectivity index is 1.47. The van der Waals surface area contributed by atoms with Crippen LogP contribution in [0.15, 0.2) is 91.0 Å². The monoisotopic (exact) mass is 520 g/mol. The Morgan fingerprint density at radius 1 is 0.763 bits per heavy atom. The maximum Gasteiger partial charge on any atom is 0.338 e. The van der Waals surface area contributed by atoms with E-state index in [9.17, 15) is 14.7 Å². The topological polar surface area (TPSA) is 110 Å². The summed E-state index contributed by atoms with van der Waals surface area (Å²) in [5.74, 6) is -1.27. The van der Waals surface area contributed by atoms with Crippen LogP contribution in [-0.2, 0) is 28.4 Å². The summed E-state index contributed by atoms with van der Waals surface area (Å²) in [5.41, 5.74) is 1.40. The Hall–Kier alpha value is -3.60. The lowest BCUT2D eigenvalue weighted by Gasteiger charge is -2.48. The van der Waals surface area contributed by atoms with Crippen molar-refractivity contribution in [1.82, 2.24) is 0 Å². The molecule has 2 heterocycles. The fourth-order valence-corrected chi connectivity index (χ4v) is 4.42. The smallest absolute Gasteiger partial charge is 0.338 e. The van der Waals surface area contributed by atoms with Crippen molar-refractivity contribution in [1.29, 1.82) is 0 Å². The van der Waals surface area contributed by atoms with Crippen molar-refractivity contribution in [3.8, 4) is 0 Å². The minimum atomic E-state index is -1.20. The minimum Gasteiger partial charge on any atom is -0.452 e. The number of aliphatic hydroxyl groups is 1. The lowest BCUT2D eigenvalue weighted by Crippen LogP contribution is -2.64. The molecular formula is C29H28O9. The molecule has 0 amide bonds. The summed E-state index contributed by atoms with van der Waals surface area (Å²) >= 11 is 0. The van der Waals surface area contributed by atoms with Crippen LogP contribution >= 0.6 is 0 Å². The molecule has 2 saturated heterocycles. The third-order valence-corrected chi connectivity index (χ3v) is 6.23. The molecule has 9 nitrogen and oxygen atoms in total. The molecule has 3 aromatic carbocycles. The molecule has 3 aromatic rings. The minimum absolute atomic E-state index is 0.0881. The van der Waals surface area contributed by atoms with Crippen molar-refractivity contribution in [2.24, 2.45) is 0 Å². The molecule has 38 heavy (non-hydrogen) atoms. The summed E-state index contributed by atoms with van der Waals surface area (Å²) < 4.78 is 35.8. The van der Waals surface area contributed by atoms with E-state index >= 15 is 0 Å². The SMILES string of the molecule is O=C(O[C@H]1[C@H]2OC(c3ccccc3)OC[C@H]2O[C@@H](OCCO)[C@@H]1OC(=O)c1ccccc1)c1ccccc1. The van der Waals surface area contributed by atoms with Crippen LogP contribution < -0.4 is 0 Å². The van der Waals surface area contributed by atoms with Crippen molar-refractivity contribution in [3.63, 3.8) is 0 Å². The Bertz CT molecular complexity index is 1190. The van der Waals surface area contributed by atoms with Gasteiger partial charge in [0.25, 0.3) is 0 Å². The zero-order valence-electron chi connectivity index (χ0n) is 20.5. The van der Waals surface area contributed by atoms with Crippen LogP contribution in [0, 0.1) is 0 Å². The van der Waals surface area contributed by atoms with E-state index in [0.717, 1.165) is 5.56 Å². The van der Waals surface area contributed by atoms with Crippen LogP contribution in [0.4, 0.5) is 0 Å². The molecule has 9 heteroatoms. The first-order valence-electron chi connectivity index (χ1n) is 12.4. The number of esters is 2. The van der Waals surface area contributed by atoms with Gasteiger partial charge in [-0.1, -0.05) is 66.7 Å². The number of carbonyl (C=O) groups excluding carboxylic acids is 2. The zero-order valence-corrected chi connectivity index (χ0v) is 20.5. The molecule has 0 radical (unpaired) electrons. The highest BCUT2D eigenvalue weighted by atomic mass is 16.8. The summed E-state index contributed by atoms with van der Waals surface area (Å²) in [6, 6.07) is 26.2. The number of carbonyl (C=O) groups is 2. The van der Waals surface area contributed by atoms with Gasteiger partial charge in [-0.2, -0.15) is 0 Å². The van der Waals surface area contributed by atoms with E-state index in [0.29, 0.717) is 11.1 Å². The number of benzene rings is 3. The van der Waals surface area contributed by atoms with Crippen molar-refractivity contribution < 1.29 is 43.1 Å². The average molecular weight is 521 g/mol. The molecule has 1 unspecified atom stereocenters. The van der Waals surface area contributed by atoms with Crippen LogP contribution in [0.25, 0.3) is 0 Å². The lowest BCUT2D eigenvalue weighted by molar-refractivity contribution is -0.359. The number of hydrogen-bond donors (Lipinski definition) is 1. The highest BCUT2D eigenvalue weighted by molar-refractivity contribution is 5.90. The molecule has 198 valence electrons. The van der Waals surface area contributed by atoms with Gasteiger partial charge in [0.2, 0.25) is 0 Å². The number of ether oxygens (including phenoxy) is 6. The quantitative estimate of drug-likeness (QED) is 0.448. The van der Waals surface area contributed by atoms with Gasteiger partial charge in [-0.15, -0.1) is 0 Å². The van der Waals surface area contributed by atoms with Gasteiger partial charge in [-0.25, -0.2) is 9.59 Å². The largest absolute Gasteiger partial charge is 0.452 e. The number of aliphatic hydroxyl groups excluding tert-OH is 1. The summed E-state index contributed by atoms with van der Waals surface area (Å²) in [6.07, 6.45) is -5.74. The molecule has 6 atom stereocenters. The molecule has 0 bridgehead atoms. The molecule has 2 fully saturated rings. The first-order chi connectivity index (χ1) is 18.6. The highest BCUT2D eigenvalue weighted by Gasteiger charge is 2.54. The first kappa shape index (κ1) is 26.0. The van der Waals surface area contributed by atoms with Crippen LogP contribution in [0.2, 0.25) is 0 Å². The van der Waals surface area contributed by atoms with E-state index < -0.39 is 48.9 Å².